The van der Waals surface area contributed by atoms with E-state index in [1.807, 2.05) is 6.26 Å². The van der Waals surface area contributed by atoms with Crippen LogP contribution in [0.4, 0.5) is 11.5 Å². The first-order valence-electron chi connectivity index (χ1n) is 4.94. The smallest absolute Gasteiger partial charge is 0.273 e. The lowest BCUT2D eigenvalue weighted by Crippen LogP contribution is -2.17. The Morgan fingerprint density at radius 3 is 2.83 bits per heavy atom. The second-order valence-electron chi connectivity index (χ2n) is 3.39. The van der Waals surface area contributed by atoms with Gasteiger partial charge in [-0.05, 0) is 6.26 Å². The van der Waals surface area contributed by atoms with Gasteiger partial charge in [0.05, 0.1) is 11.9 Å². The Bertz CT molecular complexity index is 582. The fraction of sp³-hybridized carbons (Fsp3) is 0.222. The van der Waals surface area contributed by atoms with E-state index < -0.39 is 5.91 Å². The number of primary amides is 1. The summed E-state index contributed by atoms with van der Waals surface area (Å²) in [6, 6.07) is 0. The molecule has 1 amide bonds. The summed E-state index contributed by atoms with van der Waals surface area (Å²) < 4.78 is 1.62. The number of aromatic nitrogens is 5. The molecule has 2 heterocycles. The third-order valence-corrected chi connectivity index (χ3v) is 2.59. The lowest BCUT2D eigenvalue weighted by Gasteiger charge is -2.06. The molecule has 0 aromatic carbocycles. The molecular formula is C9H11N7OS. The first kappa shape index (κ1) is 12.3. The van der Waals surface area contributed by atoms with E-state index in [9.17, 15) is 4.79 Å². The molecule has 0 unspecified atom stereocenters. The van der Waals surface area contributed by atoms with Gasteiger partial charge >= 0.3 is 0 Å². The minimum atomic E-state index is -0.686. The van der Waals surface area contributed by atoms with E-state index >= 15 is 0 Å². The standard InChI is InChI=1S/C9H11N7OS/c1-16-4-5(3-11-16)12-8-6(7(10)17)14-15-9(13-8)18-2/h3-4H,1-2H3,(H2,10,17)(H,12,13,15). The van der Waals surface area contributed by atoms with Crippen molar-refractivity contribution in [3.63, 3.8) is 0 Å². The molecule has 0 saturated carbocycles. The van der Waals surface area contributed by atoms with Crippen molar-refractivity contribution in [3.8, 4) is 0 Å². The first-order valence-corrected chi connectivity index (χ1v) is 6.17. The van der Waals surface area contributed by atoms with Gasteiger partial charge in [-0.15, -0.1) is 10.2 Å². The van der Waals surface area contributed by atoms with Gasteiger partial charge in [0.25, 0.3) is 5.91 Å². The molecule has 2 aromatic heterocycles. The highest BCUT2D eigenvalue weighted by molar-refractivity contribution is 7.98. The molecule has 0 radical (unpaired) electrons. The van der Waals surface area contributed by atoms with Crippen molar-refractivity contribution in [2.45, 2.75) is 5.16 Å². The summed E-state index contributed by atoms with van der Waals surface area (Å²) >= 11 is 1.32. The molecule has 0 fully saturated rings. The van der Waals surface area contributed by atoms with Crippen LogP contribution in [0.2, 0.25) is 0 Å². The molecule has 0 bridgehead atoms. The molecule has 0 aliphatic carbocycles. The molecular weight excluding hydrogens is 254 g/mol. The molecule has 0 aliphatic rings. The number of carbonyl (C=O) groups excluding carboxylic acids is 1. The van der Waals surface area contributed by atoms with E-state index in [1.165, 1.54) is 11.8 Å². The van der Waals surface area contributed by atoms with Crippen molar-refractivity contribution < 1.29 is 4.79 Å². The van der Waals surface area contributed by atoms with Crippen LogP contribution in [-0.4, -0.2) is 37.1 Å². The number of hydrogen-bond acceptors (Lipinski definition) is 7. The zero-order valence-corrected chi connectivity index (χ0v) is 10.6. The SMILES string of the molecule is CSc1nnc(C(N)=O)c(Nc2cnn(C)c2)n1. The highest BCUT2D eigenvalue weighted by Crippen LogP contribution is 2.18. The average molecular weight is 265 g/mol. The van der Waals surface area contributed by atoms with Crippen LogP contribution in [0.3, 0.4) is 0 Å². The van der Waals surface area contributed by atoms with Crippen LogP contribution in [0.1, 0.15) is 10.5 Å². The van der Waals surface area contributed by atoms with Crippen LogP contribution in [0, 0.1) is 0 Å². The Kier molecular flexibility index (Phi) is 3.42. The number of amides is 1. The van der Waals surface area contributed by atoms with Crippen LogP contribution in [-0.2, 0) is 7.05 Å². The van der Waals surface area contributed by atoms with Gasteiger partial charge in [-0.25, -0.2) is 4.98 Å². The molecule has 18 heavy (non-hydrogen) atoms. The lowest BCUT2D eigenvalue weighted by atomic mass is 10.4. The van der Waals surface area contributed by atoms with Crippen LogP contribution in [0.25, 0.3) is 0 Å². The molecule has 8 nitrogen and oxygen atoms in total. The third-order valence-electron chi connectivity index (χ3n) is 2.05. The number of thioether (sulfide) groups is 1. The number of anilines is 2. The van der Waals surface area contributed by atoms with Crippen molar-refractivity contribution in [3.05, 3.63) is 18.1 Å². The molecule has 0 saturated heterocycles. The average Bonchev–Trinajstić information content (AvgIpc) is 2.74. The molecule has 3 N–H and O–H groups in total. The summed E-state index contributed by atoms with van der Waals surface area (Å²) in [5.41, 5.74) is 5.90. The Morgan fingerprint density at radius 2 is 2.28 bits per heavy atom. The molecule has 94 valence electrons. The summed E-state index contributed by atoms with van der Waals surface area (Å²) in [6.45, 7) is 0. The van der Waals surface area contributed by atoms with Gasteiger partial charge in [0.15, 0.2) is 11.5 Å². The van der Waals surface area contributed by atoms with Gasteiger partial charge in [0.1, 0.15) is 0 Å². The van der Waals surface area contributed by atoms with E-state index in [0.717, 1.165) is 0 Å². The second-order valence-corrected chi connectivity index (χ2v) is 4.16. The zero-order valence-electron chi connectivity index (χ0n) is 9.78. The second kappa shape index (κ2) is 5.00. The summed E-state index contributed by atoms with van der Waals surface area (Å²) in [6.07, 6.45) is 5.16. The Balaban J connectivity index is 2.37. The highest BCUT2D eigenvalue weighted by Gasteiger charge is 2.14. The van der Waals surface area contributed by atoms with Crippen LogP contribution < -0.4 is 11.1 Å². The van der Waals surface area contributed by atoms with Crippen LogP contribution in [0.15, 0.2) is 17.6 Å². The van der Waals surface area contributed by atoms with Gasteiger partial charge in [-0.1, -0.05) is 11.8 Å². The zero-order chi connectivity index (χ0) is 13.1. The van der Waals surface area contributed by atoms with Crippen molar-refractivity contribution in [2.24, 2.45) is 12.8 Å². The number of nitrogens with two attached hydrogens (primary N) is 1. The Morgan fingerprint density at radius 1 is 1.50 bits per heavy atom. The summed E-state index contributed by atoms with van der Waals surface area (Å²) in [5, 5.41) is 14.9. The Hall–Kier alpha value is -2.16. The van der Waals surface area contributed by atoms with Gasteiger partial charge in [0, 0.05) is 13.2 Å². The van der Waals surface area contributed by atoms with Crippen LogP contribution in [0.5, 0.6) is 0 Å². The number of aryl methyl sites for hydroxylation is 1. The summed E-state index contributed by atoms with van der Waals surface area (Å²) in [5.74, 6) is -0.413. The lowest BCUT2D eigenvalue weighted by molar-refractivity contribution is 0.0995. The van der Waals surface area contributed by atoms with Crippen molar-refractivity contribution in [1.82, 2.24) is 25.0 Å². The quantitative estimate of drug-likeness (QED) is 0.758. The predicted octanol–water partition coefficient (Wildman–Crippen LogP) is 0.169. The fourth-order valence-electron chi connectivity index (χ4n) is 1.27. The number of hydrogen-bond donors (Lipinski definition) is 2. The van der Waals surface area contributed by atoms with Crippen molar-refractivity contribution in [2.75, 3.05) is 11.6 Å². The number of rotatable bonds is 4. The number of nitrogens with one attached hydrogen (secondary N) is 1. The number of carbonyl (C=O) groups is 1. The summed E-state index contributed by atoms with van der Waals surface area (Å²) in [7, 11) is 1.78. The minimum absolute atomic E-state index is 0.00310. The maximum Gasteiger partial charge on any atom is 0.273 e. The normalized spacial score (nSPS) is 10.3. The minimum Gasteiger partial charge on any atom is -0.364 e. The van der Waals surface area contributed by atoms with Gasteiger partial charge < -0.3 is 11.1 Å². The molecule has 2 rings (SSSR count). The number of nitrogens with zero attached hydrogens (tertiary/aromatic N) is 5. The van der Waals surface area contributed by atoms with E-state index in [2.05, 4.69) is 25.6 Å². The van der Waals surface area contributed by atoms with E-state index in [4.69, 9.17) is 5.73 Å². The highest BCUT2D eigenvalue weighted by atomic mass is 32.2. The van der Waals surface area contributed by atoms with E-state index in [1.54, 1.807) is 24.1 Å². The van der Waals surface area contributed by atoms with Gasteiger partial charge in [0.2, 0.25) is 5.16 Å². The molecule has 2 aromatic rings. The van der Waals surface area contributed by atoms with Gasteiger partial charge in [-0.3, -0.25) is 9.48 Å². The third kappa shape index (κ3) is 2.56. The monoisotopic (exact) mass is 265 g/mol. The van der Waals surface area contributed by atoms with Crippen molar-refractivity contribution >= 4 is 29.2 Å². The molecule has 0 spiro atoms. The first-order chi connectivity index (χ1) is 8.60. The largest absolute Gasteiger partial charge is 0.364 e. The molecule has 9 heteroatoms. The fourth-order valence-corrected chi connectivity index (χ4v) is 1.58. The topological polar surface area (TPSA) is 112 Å². The van der Waals surface area contributed by atoms with Crippen molar-refractivity contribution in [1.29, 1.82) is 0 Å². The Labute approximate surface area is 107 Å². The molecule has 0 aliphatic heterocycles. The molecule has 0 atom stereocenters. The van der Waals surface area contributed by atoms with Gasteiger partial charge in [-0.2, -0.15) is 5.10 Å². The predicted molar refractivity (Wildman–Crippen MR) is 66.6 cm³/mol. The summed E-state index contributed by atoms with van der Waals surface area (Å²) in [4.78, 5) is 15.4. The van der Waals surface area contributed by atoms with Crippen LogP contribution >= 0.6 is 11.8 Å². The maximum atomic E-state index is 11.2. The maximum absolute atomic E-state index is 11.2. The van der Waals surface area contributed by atoms with E-state index in [0.29, 0.717) is 10.8 Å². The van der Waals surface area contributed by atoms with E-state index in [-0.39, 0.29) is 11.5 Å².